The fraction of sp³-hybridized carbons (Fsp3) is 0.381. The van der Waals surface area contributed by atoms with Gasteiger partial charge < -0.3 is 9.80 Å². The van der Waals surface area contributed by atoms with E-state index < -0.39 is 10.0 Å². The van der Waals surface area contributed by atoms with Crippen LogP contribution in [-0.4, -0.2) is 62.8 Å². The van der Waals surface area contributed by atoms with Gasteiger partial charge in [0.15, 0.2) is 0 Å². The lowest BCUT2D eigenvalue weighted by atomic mass is 10.1. The van der Waals surface area contributed by atoms with E-state index >= 15 is 0 Å². The molecule has 0 atom stereocenters. The van der Waals surface area contributed by atoms with E-state index in [-0.39, 0.29) is 15.8 Å². The van der Waals surface area contributed by atoms with E-state index in [4.69, 9.17) is 23.2 Å². The third kappa shape index (κ3) is 4.75. The number of halogens is 2. The largest absolute Gasteiger partial charge is 0.368 e. The monoisotopic (exact) mass is 469 g/mol. The van der Waals surface area contributed by atoms with Gasteiger partial charge in [-0.1, -0.05) is 37.0 Å². The van der Waals surface area contributed by atoms with Crippen LogP contribution in [0.5, 0.6) is 0 Å². The summed E-state index contributed by atoms with van der Waals surface area (Å²) in [5, 5.41) is 0.803. The minimum Gasteiger partial charge on any atom is -0.368 e. The van der Waals surface area contributed by atoms with Crippen LogP contribution in [0, 0.1) is 0 Å². The van der Waals surface area contributed by atoms with Crippen LogP contribution in [0.4, 0.5) is 5.69 Å². The number of rotatable bonds is 6. The van der Waals surface area contributed by atoms with Crippen LogP contribution >= 0.6 is 23.2 Å². The van der Waals surface area contributed by atoms with Gasteiger partial charge in [-0.05, 0) is 42.5 Å². The number of carbonyl (C=O) groups excluding carboxylic acids is 1. The predicted molar refractivity (Wildman–Crippen MR) is 121 cm³/mol. The normalized spacial score (nSPS) is 15.0. The summed E-state index contributed by atoms with van der Waals surface area (Å²) in [7, 11) is -3.76. The molecule has 1 aliphatic rings. The Morgan fingerprint density at radius 1 is 0.967 bits per heavy atom. The van der Waals surface area contributed by atoms with Gasteiger partial charge in [-0.25, -0.2) is 8.42 Å². The lowest BCUT2D eigenvalue weighted by Gasteiger charge is -2.36. The molecular weight excluding hydrogens is 445 g/mol. The summed E-state index contributed by atoms with van der Waals surface area (Å²) < 4.78 is 27.1. The number of amides is 1. The van der Waals surface area contributed by atoms with Crippen molar-refractivity contribution in [2.75, 3.05) is 44.2 Å². The van der Waals surface area contributed by atoms with Gasteiger partial charge in [0.25, 0.3) is 5.91 Å². The second kappa shape index (κ2) is 9.56. The molecule has 9 heteroatoms. The molecule has 0 aromatic heterocycles. The second-order valence-corrected chi connectivity index (χ2v) is 9.74. The summed E-state index contributed by atoms with van der Waals surface area (Å²) in [6.07, 6.45) is 0. The predicted octanol–water partition coefficient (Wildman–Crippen LogP) is 3.99. The van der Waals surface area contributed by atoms with E-state index in [1.54, 1.807) is 24.8 Å². The molecule has 0 N–H and O–H groups in total. The molecule has 2 aromatic carbocycles. The van der Waals surface area contributed by atoms with E-state index in [1.807, 2.05) is 24.3 Å². The third-order valence-corrected chi connectivity index (χ3v) is 8.04. The summed E-state index contributed by atoms with van der Waals surface area (Å²) in [5.74, 6) is -0.196. The van der Waals surface area contributed by atoms with Crippen LogP contribution in [0.2, 0.25) is 10.0 Å². The highest BCUT2D eigenvalue weighted by molar-refractivity contribution is 7.89. The van der Waals surface area contributed by atoms with Crippen molar-refractivity contribution in [3.05, 3.63) is 58.1 Å². The minimum atomic E-state index is -3.76. The van der Waals surface area contributed by atoms with E-state index in [1.165, 1.54) is 16.4 Å². The number of hydrogen-bond donors (Lipinski definition) is 0. The zero-order chi connectivity index (χ0) is 21.9. The molecule has 0 radical (unpaired) electrons. The van der Waals surface area contributed by atoms with E-state index in [0.29, 0.717) is 49.9 Å². The van der Waals surface area contributed by atoms with Gasteiger partial charge >= 0.3 is 0 Å². The minimum absolute atomic E-state index is 0.0292. The molecule has 0 unspecified atom stereocenters. The smallest absolute Gasteiger partial charge is 0.254 e. The Hall–Kier alpha value is -1.80. The number of sulfonamides is 1. The summed E-state index contributed by atoms with van der Waals surface area (Å²) in [4.78, 5) is 16.9. The maximum atomic E-state index is 13.0. The summed E-state index contributed by atoms with van der Waals surface area (Å²) in [6.45, 7) is 6.66. The molecule has 1 heterocycles. The lowest BCUT2D eigenvalue weighted by molar-refractivity contribution is 0.0746. The van der Waals surface area contributed by atoms with Crippen LogP contribution in [0.25, 0.3) is 0 Å². The number of piperazine rings is 1. The fourth-order valence-electron chi connectivity index (χ4n) is 3.54. The number of carbonyl (C=O) groups is 1. The Morgan fingerprint density at radius 2 is 1.57 bits per heavy atom. The molecule has 1 saturated heterocycles. The van der Waals surface area contributed by atoms with Crippen molar-refractivity contribution in [3.8, 4) is 0 Å². The molecule has 6 nitrogen and oxygen atoms in total. The molecular formula is C21H25Cl2N3O3S. The first-order valence-electron chi connectivity index (χ1n) is 9.87. The molecule has 1 aliphatic heterocycles. The van der Waals surface area contributed by atoms with Crippen molar-refractivity contribution < 1.29 is 13.2 Å². The molecule has 30 heavy (non-hydrogen) atoms. The average Bonchev–Trinajstić information content (AvgIpc) is 2.75. The Morgan fingerprint density at radius 3 is 2.13 bits per heavy atom. The van der Waals surface area contributed by atoms with Gasteiger partial charge in [-0.2, -0.15) is 4.31 Å². The third-order valence-electron chi connectivity index (χ3n) is 5.26. The second-order valence-electron chi connectivity index (χ2n) is 6.99. The summed E-state index contributed by atoms with van der Waals surface area (Å²) >= 11 is 12.1. The molecule has 2 aromatic rings. The molecule has 0 spiro atoms. The Labute approximate surface area is 188 Å². The van der Waals surface area contributed by atoms with Crippen LogP contribution in [0.15, 0.2) is 47.4 Å². The van der Waals surface area contributed by atoms with Gasteiger partial charge in [-0.3, -0.25) is 4.79 Å². The maximum Gasteiger partial charge on any atom is 0.254 e. The van der Waals surface area contributed by atoms with Gasteiger partial charge in [0.2, 0.25) is 10.0 Å². The number of hydrogen-bond acceptors (Lipinski definition) is 4. The Bertz CT molecular complexity index is 1000. The quantitative estimate of drug-likeness (QED) is 0.641. The van der Waals surface area contributed by atoms with Gasteiger partial charge in [0.05, 0.1) is 5.02 Å². The highest BCUT2D eigenvalue weighted by atomic mass is 35.5. The molecule has 0 saturated carbocycles. The van der Waals surface area contributed by atoms with Gasteiger partial charge in [0, 0.05) is 55.5 Å². The molecule has 1 fully saturated rings. The first-order chi connectivity index (χ1) is 14.3. The SMILES string of the molecule is CCN(CC)S(=O)(=O)c1cc(C(=O)N2CCN(c3ccc(Cl)cc3)CC2)ccc1Cl. The average molecular weight is 470 g/mol. The van der Waals surface area contributed by atoms with Crippen molar-refractivity contribution in [1.29, 1.82) is 0 Å². The molecule has 0 aliphatic carbocycles. The highest BCUT2D eigenvalue weighted by Gasteiger charge is 2.28. The van der Waals surface area contributed by atoms with Crippen molar-refractivity contribution in [2.45, 2.75) is 18.7 Å². The number of nitrogens with zero attached hydrogens (tertiary/aromatic N) is 3. The standard InChI is InChI=1S/C21H25Cl2N3O3S/c1-3-26(4-2)30(28,29)20-15-16(5-10-19(20)23)21(27)25-13-11-24(12-14-25)18-8-6-17(22)7-9-18/h5-10,15H,3-4,11-14H2,1-2H3. The van der Waals surface area contributed by atoms with Crippen molar-refractivity contribution >= 4 is 44.8 Å². The number of benzene rings is 2. The lowest BCUT2D eigenvalue weighted by Crippen LogP contribution is -2.48. The Kier molecular flexibility index (Phi) is 7.29. The first kappa shape index (κ1) is 22.9. The topological polar surface area (TPSA) is 60.9 Å². The fourth-order valence-corrected chi connectivity index (χ4v) is 5.62. The van der Waals surface area contributed by atoms with E-state index in [9.17, 15) is 13.2 Å². The van der Waals surface area contributed by atoms with E-state index in [0.717, 1.165) is 5.69 Å². The van der Waals surface area contributed by atoms with Crippen molar-refractivity contribution in [3.63, 3.8) is 0 Å². The van der Waals surface area contributed by atoms with E-state index in [2.05, 4.69) is 4.90 Å². The van der Waals surface area contributed by atoms with Crippen LogP contribution in [0.3, 0.4) is 0 Å². The van der Waals surface area contributed by atoms with Crippen LogP contribution in [0.1, 0.15) is 24.2 Å². The number of anilines is 1. The van der Waals surface area contributed by atoms with Crippen molar-refractivity contribution in [2.24, 2.45) is 0 Å². The maximum absolute atomic E-state index is 13.0. The Balaban J connectivity index is 1.76. The summed E-state index contributed by atoms with van der Waals surface area (Å²) in [5.41, 5.74) is 1.38. The summed E-state index contributed by atoms with van der Waals surface area (Å²) in [6, 6.07) is 12.1. The molecule has 1 amide bonds. The molecule has 162 valence electrons. The molecule has 0 bridgehead atoms. The van der Waals surface area contributed by atoms with Gasteiger partial charge in [0.1, 0.15) is 4.90 Å². The van der Waals surface area contributed by atoms with Gasteiger partial charge in [-0.15, -0.1) is 0 Å². The van der Waals surface area contributed by atoms with Crippen LogP contribution in [-0.2, 0) is 10.0 Å². The zero-order valence-corrected chi connectivity index (χ0v) is 19.3. The molecule has 3 rings (SSSR count). The highest BCUT2D eigenvalue weighted by Crippen LogP contribution is 2.27. The zero-order valence-electron chi connectivity index (χ0n) is 17.0. The van der Waals surface area contributed by atoms with Crippen LogP contribution < -0.4 is 4.90 Å². The van der Waals surface area contributed by atoms with Crippen molar-refractivity contribution in [1.82, 2.24) is 9.21 Å². The first-order valence-corrected chi connectivity index (χ1v) is 12.1.